The van der Waals surface area contributed by atoms with Crippen molar-refractivity contribution in [3.63, 3.8) is 0 Å². The zero-order valence-electron chi connectivity index (χ0n) is 11.3. The van der Waals surface area contributed by atoms with E-state index >= 15 is 0 Å². The Hall–Kier alpha value is -1.82. The molecule has 1 unspecified atom stereocenters. The van der Waals surface area contributed by atoms with Crippen LogP contribution in [-0.4, -0.2) is 41.7 Å². The second kappa shape index (κ2) is 3.60. The summed E-state index contributed by atoms with van der Waals surface area (Å²) in [7, 11) is 3.92. The Morgan fingerprint density at radius 2 is 2.16 bits per heavy atom. The van der Waals surface area contributed by atoms with E-state index in [2.05, 4.69) is 11.8 Å². The van der Waals surface area contributed by atoms with Crippen LogP contribution in [0.15, 0.2) is 12.1 Å². The lowest BCUT2D eigenvalue weighted by Gasteiger charge is -2.32. The fraction of sp³-hybridized carbons (Fsp3) is 0.538. The summed E-state index contributed by atoms with van der Waals surface area (Å²) >= 11 is 0. The summed E-state index contributed by atoms with van der Waals surface area (Å²) in [5.74, 6) is -0.0321. The highest BCUT2D eigenvalue weighted by atomic mass is 16.6. The molecule has 6 heteroatoms. The third-order valence-electron chi connectivity index (χ3n) is 4.58. The van der Waals surface area contributed by atoms with E-state index < -0.39 is 4.92 Å². The van der Waals surface area contributed by atoms with Gasteiger partial charge < -0.3 is 10.0 Å². The first-order valence-corrected chi connectivity index (χ1v) is 6.31. The van der Waals surface area contributed by atoms with Crippen LogP contribution in [0.25, 0.3) is 0 Å². The van der Waals surface area contributed by atoms with Gasteiger partial charge in [0, 0.05) is 19.0 Å². The van der Waals surface area contributed by atoms with Gasteiger partial charge in [-0.15, -0.1) is 0 Å². The number of benzene rings is 1. The number of phenolic OH excluding ortho intramolecular Hbond substituents is 1. The van der Waals surface area contributed by atoms with Crippen LogP contribution < -0.4 is 4.90 Å². The Morgan fingerprint density at radius 1 is 1.47 bits per heavy atom. The maximum Gasteiger partial charge on any atom is 0.296 e. The molecule has 19 heavy (non-hydrogen) atoms. The first-order chi connectivity index (χ1) is 8.86. The van der Waals surface area contributed by atoms with Gasteiger partial charge in [-0.05, 0) is 25.1 Å². The van der Waals surface area contributed by atoms with Gasteiger partial charge in [-0.25, -0.2) is 0 Å². The van der Waals surface area contributed by atoms with Crippen molar-refractivity contribution in [2.24, 2.45) is 0 Å². The van der Waals surface area contributed by atoms with E-state index in [0.717, 1.165) is 18.5 Å². The standard InChI is InChI=1S/C13H17N3O3/c1-13-4-5-14(2)12(13)15(3)11-9(13)6-8(17)7-10(11)16(18)19/h6-7,12,17H,4-5H2,1-3H3/t12?,13-/m0/s1. The van der Waals surface area contributed by atoms with Crippen molar-refractivity contribution in [3.05, 3.63) is 27.8 Å². The molecule has 0 bridgehead atoms. The summed E-state index contributed by atoms with van der Waals surface area (Å²) in [6, 6.07) is 2.91. The fourth-order valence-electron chi connectivity index (χ4n) is 3.82. The topological polar surface area (TPSA) is 69.8 Å². The molecular formula is C13H17N3O3. The minimum atomic E-state index is -0.417. The van der Waals surface area contributed by atoms with Crippen LogP contribution in [0.1, 0.15) is 18.9 Å². The van der Waals surface area contributed by atoms with Crippen LogP contribution in [0.3, 0.4) is 0 Å². The molecule has 0 saturated carbocycles. The predicted octanol–water partition coefficient (Wildman–Crippen LogP) is 1.67. The zero-order chi connectivity index (χ0) is 13.9. The number of fused-ring (bicyclic) bond motifs is 3. The van der Waals surface area contributed by atoms with E-state index in [4.69, 9.17) is 0 Å². The van der Waals surface area contributed by atoms with Crippen LogP contribution in [0, 0.1) is 10.1 Å². The normalized spacial score (nSPS) is 29.4. The molecule has 2 atom stereocenters. The Kier molecular flexibility index (Phi) is 2.32. The highest BCUT2D eigenvalue weighted by Gasteiger charge is 2.54. The Labute approximate surface area is 111 Å². The number of nitrogens with zero attached hydrogens (tertiary/aromatic N) is 3. The highest BCUT2D eigenvalue weighted by molar-refractivity contribution is 5.76. The molecule has 6 nitrogen and oxygen atoms in total. The van der Waals surface area contributed by atoms with Gasteiger partial charge in [0.15, 0.2) is 0 Å². The van der Waals surface area contributed by atoms with Crippen molar-refractivity contribution in [1.29, 1.82) is 0 Å². The van der Waals surface area contributed by atoms with E-state index in [9.17, 15) is 15.2 Å². The SMILES string of the molecule is CN1CC[C@@]2(C)c3cc(O)cc([N+](=O)[O-])c3N(C)C12. The van der Waals surface area contributed by atoms with Crippen molar-refractivity contribution in [3.8, 4) is 5.75 Å². The molecule has 2 aliphatic heterocycles. The van der Waals surface area contributed by atoms with Crippen molar-refractivity contribution >= 4 is 11.4 Å². The number of nitro groups is 1. The first-order valence-electron chi connectivity index (χ1n) is 6.31. The van der Waals surface area contributed by atoms with E-state index in [-0.39, 0.29) is 23.0 Å². The lowest BCUT2D eigenvalue weighted by molar-refractivity contribution is -0.384. The number of aromatic hydroxyl groups is 1. The van der Waals surface area contributed by atoms with Crippen LogP contribution in [-0.2, 0) is 5.41 Å². The Balaban J connectivity index is 2.28. The summed E-state index contributed by atoms with van der Waals surface area (Å²) in [4.78, 5) is 15.0. The fourth-order valence-corrected chi connectivity index (χ4v) is 3.82. The molecule has 1 aromatic rings. The molecule has 1 fully saturated rings. The minimum Gasteiger partial charge on any atom is -0.508 e. The molecule has 0 aliphatic carbocycles. The summed E-state index contributed by atoms with van der Waals surface area (Å²) < 4.78 is 0. The third kappa shape index (κ3) is 1.40. The van der Waals surface area contributed by atoms with E-state index in [1.807, 2.05) is 19.0 Å². The summed E-state index contributed by atoms with van der Waals surface area (Å²) in [6.45, 7) is 3.07. The molecule has 2 heterocycles. The maximum absolute atomic E-state index is 11.2. The lowest BCUT2D eigenvalue weighted by Crippen LogP contribution is -2.45. The highest BCUT2D eigenvalue weighted by Crippen LogP contribution is 2.54. The average molecular weight is 263 g/mol. The van der Waals surface area contributed by atoms with Gasteiger partial charge in [-0.3, -0.25) is 15.0 Å². The first kappa shape index (κ1) is 12.2. The molecule has 2 aliphatic rings. The van der Waals surface area contributed by atoms with Gasteiger partial charge in [0.1, 0.15) is 11.4 Å². The number of phenols is 1. The second-order valence-electron chi connectivity index (χ2n) is 5.75. The second-order valence-corrected chi connectivity index (χ2v) is 5.75. The summed E-state index contributed by atoms with van der Waals surface area (Å²) in [5.41, 5.74) is 1.35. The molecule has 1 aromatic carbocycles. The van der Waals surface area contributed by atoms with Gasteiger partial charge in [0.25, 0.3) is 5.69 Å². The number of anilines is 1. The van der Waals surface area contributed by atoms with Crippen LogP contribution in [0.4, 0.5) is 11.4 Å². The molecule has 0 spiro atoms. The molecule has 1 saturated heterocycles. The van der Waals surface area contributed by atoms with Gasteiger partial charge in [0.2, 0.25) is 0 Å². The Bertz CT molecular complexity index is 574. The van der Waals surface area contributed by atoms with E-state index in [0.29, 0.717) is 5.69 Å². The van der Waals surface area contributed by atoms with Gasteiger partial charge in [-0.1, -0.05) is 6.92 Å². The Morgan fingerprint density at radius 3 is 2.79 bits per heavy atom. The summed E-state index contributed by atoms with van der Waals surface area (Å²) in [6.07, 6.45) is 1.05. The lowest BCUT2D eigenvalue weighted by atomic mass is 9.81. The molecule has 0 radical (unpaired) electrons. The minimum absolute atomic E-state index is 0.0125. The van der Waals surface area contributed by atoms with Crippen molar-refractivity contribution in [1.82, 2.24) is 4.90 Å². The number of likely N-dealkylation sites (N-methyl/N-ethyl adjacent to an activating group) is 2. The van der Waals surface area contributed by atoms with Gasteiger partial charge in [0.05, 0.1) is 17.2 Å². The molecule has 0 amide bonds. The van der Waals surface area contributed by atoms with Crippen LogP contribution >= 0.6 is 0 Å². The summed E-state index contributed by atoms with van der Waals surface area (Å²) in [5, 5.41) is 21.0. The molecule has 0 aromatic heterocycles. The van der Waals surface area contributed by atoms with Crippen molar-refractivity contribution in [2.75, 3.05) is 25.5 Å². The maximum atomic E-state index is 11.2. The van der Waals surface area contributed by atoms with Gasteiger partial charge in [-0.2, -0.15) is 0 Å². The van der Waals surface area contributed by atoms with E-state index in [1.54, 1.807) is 6.07 Å². The van der Waals surface area contributed by atoms with Crippen LogP contribution in [0.2, 0.25) is 0 Å². The molecule has 1 N–H and O–H groups in total. The number of hydrogen-bond donors (Lipinski definition) is 1. The van der Waals surface area contributed by atoms with Crippen LogP contribution in [0.5, 0.6) is 5.75 Å². The zero-order valence-corrected chi connectivity index (χ0v) is 11.3. The van der Waals surface area contributed by atoms with Crippen molar-refractivity contribution < 1.29 is 10.0 Å². The molecular weight excluding hydrogens is 246 g/mol. The number of hydrogen-bond acceptors (Lipinski definition) is 5. The monoisotopic (exact) mass is 263 g/mol. The number of rotatable bonds is 1. The van der Waals surface area contributed by atoms with E-state index in [1.165, 1.54) is 6.07 Å². The third-order valence-corrected chi connectivity index (χ3v) is 4.58. The largest absolute Gasteiger partial charge is 0.508 e. The van der Waals surface area contributed by atoms with Crippen molar-refractivity contribution in [2.45, 2.75) is 24.9 Å². The molecule has 3 rings (SSSR count). The molecule has 102 valence electrons. The van der Waals surface area contributed by atoms with Gasteiger partial charge >= 0.3 is 0 Å². The quantitative estimate of drug-likeness (QED) is 0.616. The number of likely N-dealkylation sites (tertiary alicyclic amines) is 1. The average Bonchev–Trinajstić information content (AvgIpc) is 2.74. The smallest absolute Gasteiger partial charge is 0.296 e. The number of nitro benzene ring substituents is 1. The predicted molar refractivity (Wildman–Crippen MR) is 71.6 cm³/mol.